The molecule has 1 saturated heterocycles. The third-order valence-electron chi connectivity index (χ3n) is 6.08. The van der Waals surface area contributed by atoms with Crippen molar-refractivity contribution in [3.8, 4) is 0 Å². The molecule has 2 saturated carbocycles. The van der Waals surface area contributed by atoms with E-state index in [0.717, 1.165) is 12.3 Å². The lowest BCUT2D eigenvalue weighted by Gasteiger charge is -2.57. The highest BCUT2D eigenvalue weighted by molar-refractivity contribution is 5.75. The van der Waals surface area contributed by atoms with Gasteiger partial charge in [0.15, 0.2) is 0 Å². The molecule has 4 atom stereocenters. The topological polar surface area (TPSA) is 26.3 Å². The summed E-state index contributed by atoms with van der Waals surface area (Å²) in [5, 5.41) is 0. The molecular formula is C15H24O2. The van der Waals surface area contributed by atoms with E-state index in [1.807, 2.05) is 0 Å². The van der Waals surface area contributed by atoms with Crippen LogP contribution >= 0.6 is 0 Å². The van der Waals surface area contributed by atoms with Gasteiger partial charge in [-0.2, -0.15) is 0 Å². The SMILES string of the molecule is CC1(C)CCC[C@@]2(C)[C@@H]1CC[C@@H]1C(=O)OC[C@@H]12. The first-order chi connectivity index (χ1) is 7.95. The average molecular weight is 236 g/mol. The van der Waals surface area contributed by atoms with Gasteiger partial charge < -0.3 is 4.74 Å². The minimum absolute atomic E-state index is 0.0815. The number of carbonyl (C=O) groups is 1. The minimum Gasteiger partial charge on any atom is -0.465 e. The van der Waals surface area contributed by atoms with Crippen molar-refractivity contribution in [1.82, 2.24) is 0 Å². The van der Waals surface area contributed by atoms with E-state index in [1.165, 1.54) is 25.7 Å². The van der Waals surface area contributed by atoms with Gasteiger partial charge in [-0.1, -0.05) is 27.2 Å². The highest BCUT2D eigenvalue weighted by Crippen LogP contribution is 2.62. The molecule has 0 unspecified atom stereocenters. The van der Waals surface area contributed by atoms with Crippen LogP contribution in [0.2, 0.25) is 0 Å². The fourth-order valence-corrected chi connectivity index (χ4v) is 5.20. The highest BCUT2D eigenvalue weighted by atomic mass is 16.5. The molecule has 2 nitrogen and oxygen atoms in total. The molecule has 0 spiro atoms. The first-order valence-electron chi connectivity index (χ1n) is 7.12. The van der Waals surface area contributed by atoms with Gasteiger partial charge in [0.25, 0.3) is 0 Å². The molecule has 2 aliphatic carbocycles. The lowest BCUT2D eigenvalue weighted by molar-refractivity contribution is -0.143. The van der Waals surface area contributed by atoms with Crippen molar-refractivity contribution in [2.45, 2.75) is 52.9 Å². The second-order valence-electron chi connectivity index (χ2n) is 7.32. The highest BCUT2D eigenvalue weighted by Gasteiger charge is 2.58. The maximum atomic E-state index is 11.8. The zero-order chi connectivity index (χ0) is 12.3. The van der Waals surface area contributed by atoms with E-state index in [9.17, 15) is 4.79 Å². The van der Waals surface area contributed by atoms with E-state index in [1.54, 1.807) is 0 Å². The molecule has 1 aliphatic heterocycles. The van der Waals surface area contributed by atoms with Crippen LogP contribution in [0.1, 0.15) is 52.9 Å². The molecular weight excluding hydrogens is 212 g/mol. The number of hydrogen-bond donors (Lipinski definition) is 0. The summed E-state index contributed by atoms with van der Waals surface area (Å²) in [6, 6.07) is 0. The van der Waals surface area contributed by atoms with Crippen molar-refractivity contribution >= 4 is 5.97 Å². The summed E-state index contributed by atoms with van der Waals surface area (Å²) in [7, 11) is 0. The molecule has 1 heterocycles. The number of hydrogen-bond acceptors (Lipinski definition) is 2. The Bertz CT molecular complexity index is 347. The second kappa shape index (κ2) is 3.49. The number of rotatable bonds is 0. The van der Waals surface area contributed by atoms with Crippen LogP contribution in [0.5, 0.6) is 0 Å². The lowest BCUT2D eigenvalue weighted by Crippen LogP contribution is -2.51. The molecule has 2 heteroatoms. The lowest BCUT2D eigenvalue weighted by atomic mass is 9.47. The van der Waals surface area contributed by atoms with Crippen LogP contribution in [0, 0.1) is 28.6 Å². The second-order valence-corrected chi connectivity index (χ2v) is 7.32. The Labute approximate surface area is 104 Å². The first-order valence-corrected chi connectivity index (χ1v) is 7.12. The molecule has 0 bridgehead atoms. The van der Waals surface area contributed by atoms with Gasteiger partial charge in [0.05, 0.1) is 12.5 Å². The van der Waals surface area contributed by atoms with Crippen molar-refractivity contribution in [2.75, 3.05) is 6.61 Å². The Morgan fingerprint density at radius 1 is 1.18 bits per heavy atom. The van der Waals surface area contributed by atoms with E-state index in [2.05, 4.69) is 20.8 Å². The fourth-order valence-electron chi connectivity index (χ4n) is 5.20. The third-order valence-corrected chi connectivity index (χ3v) is 6.08. The maximum absolute atomic E-state index is 11.8. The molecule has 0 radical (unpaired) electrons. The predicted octanol–water partition coefficient (Wildman–Crippen LogP) is 3.40. The van der Waals surface area contributed by atoms with E-state index in [-0.39, 0.29) is 11.9 Å². The van der Waals surface area contributed by atoms with Crippen LogP contribution < -0.4 is 0 Å². The Morgan fingerprint density at radius 2 is 1.94 bits per heavy atom. The standard InChI is InChI=1S/C15H24O2/c1-14(2)7-4-8-15(3)11-9-17-13(16)10(11)5-6-12(14)15/h10-12H,4-9H2,1-3H3/t10-,11-,12+,15+/m0/s1. The summed E-state index contributed by atoms with van der Waals surface area (Å²) < 4.78 is 5.34. The van der Waals surface area contributed by atoms with Gasteiger partial charge in [-0.05, 0) is 42.4 Å². The smallest absolute Gasteiger partial charge is 0.309 e. The van der Waals surface area contributed by atoms with Crippen molar-refractivity contribution in [3.05, 3.63) is 0 Å². The van der Waals surface area contributed by atoms with Crippen LogP contribution in [-0.4, -0.2) is 12.6 Å². The summed E-state index contributed by atoms with van der Waals surface area (Å²) in [5.41, 5.74) is 0.792. The summed E-state index contributed by atoms with van der Waals surface area (Å²) >= 11 is 0. The zero-order valence-corrected chi connectivity index (χ0v) is 11.3. The van der Waals surface area contributed by atoms with Crippen LogP contribution in [0.25, 0.3) is 0 Å². The van der Waals surface area contributed by atoms with Crippen molar-refractivity contribution < 1.29 is 9.53 Å². The van der Waals surface area contributed by atoms with Gasteiger partial charge in [0.2, 0.25) is 0 Å². The first kappa shape index (κ1) is 11.6. The quantitative estimate of drug-likeness (QED) is 0.602. The van der Waals surface area contributed by atoms with Gasteiger partial charge in [0.1, 0.15) is 0 Å². The van der Waals surface area contributed by atoms with Crippen LogP contribution in [0.15, 0.2) is 0 Å². The molecule has 0 N–H and O–H groups in total. The van der Waals surface area contributed by atoms with Crippen molar-refractivity contribution in [1.29, 1.82) is 0 Å². The minimum atomic E-state index is 0.0815. The number of cyclic esters (lactones) is 1. The van der Waals surface area contributed by atoms with Crippen molar-refractivity contribution in [3.63, 3.8) is 0 Å². The van der Waals surface area contributed by atoms with Gasteiger partial charge in [0, 0.05) is 5.92 Å². The normalized spacial score (nSPS) is 48.2. The van der Waals surface area contributed by atoms with E-state index >= 15 is 0 Å². The largest absolute Gasteiger partial charge is 0.465 e. The van der Waals surface area contributed by atoms with E-state index in [0.29, 0.717) is 23.4 Å². The Morgan fingerprint density at radius 3 is 2.71 bits per heavy atom. The number of carbonyl (C=O) groups excluding carboxylic acids is 1. The summed E-state index contributed by atoms with van der Waals surface area (Å²) in [4.78, 5) is 11.8. The fraction of sp³-hybridized carbons (Fsp3) is 0.933. The van der Waals surface area contributed by atoms with Crippen LogP contribution in [0.4, 0.5) is 0 Å². The van der Waals surface area contributed by atoms with Gasteiger partial charge >= 0.3 is 5.97 Å². The van der Waals surface area contributed by atoms with Crippen LogP contribution in [-0.2, 0) is 9.53 Å². The summed E-state index contributed by atoms with van der Waals surface area (Å²) in [6.07, 6.45) is 6.24. The maximum Gasteiger partial charge on any atom is 0.309 e. The molecule has 3 aliphatic rings. The molecule has 3 fully saturated rings. The van der Waals surface area contributed by atoms with Crippen molar-refractivity contribution in [2.24, 2.45) is 28.6 Å². The molecule has 17 heavy (non-hydrogen) atoms. The molecule has 3 rings (SSSR count). The molecule has 96 valence electrons. The molecule has 0 aromatic carbocycles. The van der Waals surface area contributed by atoms with Gasteiger partial charge in [-0.3, -0.25) is 4.79 Å². The molecule has 0 aromatic rings. The molecule has 0 aromatic heterocycles. The monoisotopic (exact) mass is 236 g/mol. The predicted molar refractivity (Wildman–Crippen MR) is 66.4 cm³/mol. The zero-order valence-electron chi connectivity index (χ0n) is 11.3. The summed E-state index contributed by atoms with van der Waals surface area (Å²) in [5.74, 6) is 1.57. The third kappa shape index (κ3) is 1.49. The Kier molecular flexibility index (Phi) is 2.37. The summed E-state index contributed by atoms with van der Waals surface area (Å²) in [6.45, 7) is 7.96. The number of fused-ring (bicyclic) bond motifs is 3. The Hall–Kier alpha value is -0.530. The Balaban J connectivity index is 1.95. The average Bonchev–Trinajstić information content (AvgIpc) is 2.60. The van der Waals surface area contributed by atoms with Gasteiger partial charge in [-0.15, -0.1) is 0 Å². The van der Waals surface area contributed by atoms with E-state index < -0.39 is 0 Å². The number of ether oxygens (including phenoxy) is 1. The van der Waals surface area contributed by atoms with E-state index in [4.69, 9.17) is 4.74 Å². The van der Waals surface area contributed by atoms with Crippen LogP contribution in [0.3, 0.4) is 0 Å². The van der Waals surface area contributed by atoms with Gasteiger partial charge in [-0.25, -0.2) is 0 Å². The molecule has 0 amide bonds. The number of esters is 1.